The molecule has 7 heteroatoms. The van der Waals surface area contributed by atoms with Crippen LogP contribution in [0.3, 0.4) is 0 Å². The molecular formula is C13H15NO4S2. The molecule has 2 N–H and O–H groups in total. The molecule has 0 saturated carbocycles. The topological polar surface area (TPSA) is 75.6 Å². The van der Waals surface area contributed by atoms with E-state index >= 15 is 0 Å². The van der Waals surface area contributed by atoms with Crippen LogP contribution in [0, 0.1) is 0 Å². The van der Waals surface area contributed by atoms with Gasteiger partial charge in [0.1, 0.15) is 0 Å². The third kappa shape index (κ3) is 3.37. The maximum absolute atomic E-state index is 12.3. The zero-order valence-corrected chi connectivity index (χ0v) is 12.5. The number of sulfonamides is 1. The van der Waals surface area contributed by atoms with Gasteiger partial charge in [-0.15, -0.1) is 11.3 Å². The first-order chi connectivity index (χ1) is 9.56. The quantitative estimate of drug-likeness (QED) is 0.857. The summed E-state index contributed by atoms with van der Waals surface area (Å²) in [6.07, 6.45) is 0. The van der Waals surface area contributed by atoms with E-state index in [9.17, 15) is 8.42 Å². The Bertz CT molecular complexity index is 679. The highest BCUT2D eigenvalue weighted by Crippen LogP contribution is 2.24. The molecule has 1 aromatic heterocycles. The highest BCUT2D eigenvalue weighted by molar-refractivity contribution is 7.92. The minimum atomic E-state index is -3.65. The first-order valence-corrected chi connectivity index (χ1v) is 8.21. The molecular weight excluding hydrogens is 298 g/mol. The van der Waals surface area contributed by atoms with Crippen molar-refractivity contribution in [1.29, 1.82) is 0 Å². The van der Waals surface area contributed by atoms with Gasteiger partial charge in [-0.1, -0.05) is 18.2 Å². The highest BCUT2D eigenvalue weighted by Gasteiger charge is 2.17. The third-order valence-corrected chi connectivity index (χ3v) is 5.07. The number of anilines is 1. The molecule has 0 saturated heterocycles. The van der Waals surface area contributed by atoms with Crippen molar-refractivity contribution in [2.45, 2.75) is 18.1 Å². The van der Waals surface area contributed by atoms with Gasteiger partial charge in [0.2, 0.25) is 0 Å². The van der Waals surface area contributed by atoms with Crippen LogP contribution in [0.25, 0.3) is 0 Å². The normalized spacial score (nSPS) is 11.5. The number of para-hydroxylation sites is 1. The summed E-state index contributed by atoms with van der Waals surface area (Å²) in [5.74, 6) is 0. The van der Waals surface area contributed by atoms with Crippen molar-refractivity contribution in [3.8, 4) is 0 Å². The molecule has 20 heavy (non-hydrogen) atoms. The number of rotatable bonds is 6. The molecule has 0 atom stereocenters. The lowest BCUT2D eigenvalue weighted by Crippen LogP contribution is -2.13. The molecule has 108 valence electrons. The lowest BCUT2D eigenvalue weighted by atomic mass is 10.2. The highest BCUT2D eigenvalue weighted by atomic mass is 32.2. The summed E-state index contributed by atoms with van der Waals surface area (Å²) < 4.78 is 32.1. The van der Waals surface area contributed by atoms with Gasteiger partial charge in [-0.2, -0.15) is 0 Å². The van der Waals surface area contributed by atoms with E-state index in [0.717, 1.165) is 5.56 Å². The van der Waals surface area contributed by atoms with E-state index in [1.54, 1.807) is 25.3 Å². The van der Waals surface area contributed by atoms with Crippen LogP contribution in [0.5, 0.6) is 0 Å². The minimum absolute atomic E-state index is 0.152. The molecule has 5 nitrogen and oxygen atoms in total. The second-order valence-electron chi connectivity index (χ2n) is 4.10. The fourth-order valence-corrected chi connectivity index (χ4v) is 3.92. The fourth-order valence-electron chi connectivity index (χ4n) is 1.69. The fraction of sp³-hybridized carbons (Fsp3) is 0.231. The largest absolute Gasteiger partial charge is 0.391 e. The number of thiophene rings is 1. The molecule has 0 aliphatic carbocycles. The van der Waals surface area contributed by atoms with Gasteiger partial charge >= 0.3 is 0 Å². The van der Waals surface area contributed by atoms with Crippen molar-refractivity contribution in [3.63, 3.8) is 0 Å². The minimum Gasteiger partial charge on any atom is -0.391 e. The van der Waals surface area contributed by atoms with Gasteiger partial charge in [0, 0.05) is 22.9 Å². The summed E-state index contributed by atoms with van der Waals surface area (Å²) in [5.41, 5.74) is 1.25. The molecule has 0 unspecified atom stereocenters. The number of benzene rings is 1. The van der Waals surface area contributed by atoms with E-state index in [1.165, 1.54) is 22.8 Å². The smallest absolute Gasteiger partial charge is 0.262 e. The Balaban J connectivity index is 2.28. The number of methoxy groups -OCH3 is 1. The Morgan fingerprint density at radius 3 is 2.75 bits per heavy atom. The van der Waals surface area contributed by atoms with Gasteiger partial charge in [-0.3, -0.25) is 4.72 Å². The van der Waals surface area contributed by atoms with Gasteiger partial charge in [0.25, 0.3) is 10.0 Å². The molecule has 0 aliphatic rings. The summed E-state index contributed by atoms with van der Waals surface area (Å²) >= 11 is 1.21. The molecule has 0 radical (unpaired) electrons. The van der Waals surface area contributed by atoms with Crippen LogP contribution < -0.4 is 4.72 Å². The standard InChI is InChI=1S/C13H15NO4S2/c1-18-8-10-4-2-3-5-13(10)14-20(16,17)12-6-11(7-15)19-9-12/h2-6,9,14-15H,7-8H2,1H3. The van der Waals surface area contributed by atoms with E-state index in [2.05, 4.69) is 4.72 Å². The van der Waals surface area contributed by atoms with E-state index in [0.29, 0.717) is 17.2 Å². The number of hydrogen-bond acceptors (Lipinski definition) is 5. The van der Waals surface area contributed by atoms with Crippen LogP contribution in [-0.2, 0) is 28.0 Å². The van der Waals surface area contributed by atoms with E-state index in [4.69, 9.17) is 9.84 Å². The zero-order valence-electron chi connectivity index (χ0n) is 10.9. The van der Waals surface area contributed by atoms with Gasteiger partial charge in [-0.25, -0.2) is 8.42 Å². The van der Waals surface area contributed by atoms with Crippen LogP contribution >= 0.6 is 11.3 Å². The number of hydrogen-bond donors (Lipinski definition) is 2. The summed E-state index contributed by atoms with van der Waals surface area (Å²) in [5, 5.41) is 10.5. The third-order valence-electron chi connectivity index (χ3n) is 2.66. The Morgan fingerprint density at radius 2 is 2.10 bits per heavy atom. The maximum atomic E-state index is 12.3. The zero-order chi connectivity index (χ0) is 14.6. The molecule has 0 bridgehead atoms. The van der Waals surface area contributed by atoms with E-state index in [-0.39, 0.29) is 11.5 Å². The average Bonchev–Trinajstić information content (AvgIpc) is 2.91. The summed E-state index contributed by atoms with van der Waals surface area (Å²) in [6.45, 7) is 0.157. The van der Waals surface area contributed by atoms with E-state index in [1.807, 2.05) is 6.07 Å². The van der Waals surface area contributed by atoms with Crippen molar-refractivity contribution in [3.05, 3.63) is 46.2 Å². The molecule has 1 heterocycles. The lowest BCUT2D eigenvalue weighted by Gasteiger charge is -2.11. The SMILES string of the molecule is COCc1ccccc1NS(=O)(=O)c1csc(CO)c1. The average molecular weight is 313 g/mol. The van der Waals surface area contributed by atoms with Crippen molar-refractivity contribution < 1.29 is 18.3 Å². The number of aliphatic hydroxyl groups excluding tert-OH is 1. The van der Waals surface area contributed by atoms with Crippen molar-refractivity contribution >= 4 is 27.0 Å². The van der Waals surface area contributed by atoms with Crippen molar-refractivity contribution in [2.24, 2.45) is 0 Å². The Labute approximate surface area is 121 Å². The first kappa shape index (κ1) is 15.0. The molecule has 2 aromatic rings. The second kappa shape index (κ2) is 6.36. The number of nitrogens with one attached hydrogen (secondary N) is 1. The molecule has 1 aromatic carbocycles. The summed E-state index contributed by atoms with van der Waals surface area (Å²) in [6, 6.07) is 8.52. The second-order valence-corrected chi connectivity index (χ2v) is 6.78. The van der Waals surface area contributed by atoms with Crippen molar-refractivity contribution in [2.75, 3.05) is 11.8 Å². The molecule has 0 amide bonds. The van der Waals surface area contributed by atoms with Crippen LogP contribution in [0.4, 0.5) is 5.69 Å². The lowest BCUT2D eigenvalue weighted by molar-refractivity contribution is 0.185. The van der Waals surface area contributed by atoms with Gasteiger partial charge in [0.05, 0.1) is 23.8 Å². The van der Waals surface area contributed by atoms with Crippen LogP contribution in [0.2, 0.25) is 0 Å². The van der Waals surface area contributed by atoms with Crippen LogP contribution in [-0.4, -0.2) is 20.6 Å². The first-order valence-electron chi connectivity index (χ1n) is 5.85. The molecule has 0 spiro atoms. The predicted molar refractivity (Wildman–Crippen MR) is 78.2 cm³/mol. The predicted octanol–water partition coefficient (Wildman–Crippen LogP) is 2.19. The van der Waals surface area contributed by atoms with Crippen LogP contribution in [0.15, 0.2) is 40.6 Å². The Morgan fingerprint density at radius 1 is 1.35 bits per heavy atom. The molecule has 0 aliphatic heterocycles. The summed E-state index contributed by atoms with van der Waals surface area (Å²) in [4.78, 5) is 0.759. The number of aliphatic hydroxyl groups is 1. The summed E-state index contributed by atoms with van der Waals surface area (Å²) in [7, 11) is -2.10. The van der Waals surface area contributed by atoms with E-state index < -0.39 is 10.0 Å². The monoisotopic (exact) mass is 313 g/mol. The van der Waals surface area contributed by atoms with Gasteiger partial charge in [0.15, 0.2) is 0 Å². The number of ether oxygens (including phenoxy) is 1. The maximum Gasteiger partial charge on any atom is 0.262 e. The van der Waals surface area contributed by atoms with Gasteiger partial charge in [-0.05, 0) is 12.1 Å². The Hall–Kier alpha value is -1.41. The molecule has 2 rings (SSSR count). The molecule has 0 fully saturated rings. The van der Waals surface area contributed by atoms with Crippen LogP contribution in [0.1, 0.15) is 10.4 Å². The van der Waals surface area contributed by atoms with Gasteiger partial charge < -0.3 is 9.84 Å². The van der Waals surface area contributed by atoms with Crippen molar-refractivity contribution in [1.82, 2.24) is 0 Å². The Kier molecular flexibility index (Phi) is 4.77.